The van der Waals surface area contributed by atoms with Gasteiger partial charge in [0.1, 0.15) is 5.82 Å². The fourth-order valence-corrected chi connectivity index (χ4v) is 2.83. The van der Waals surface area contributed by atoms with E-state index >= 15 is 0 Å². The fourth-order valence-electron chi connectivity index (χ4n) is 2.83. The van der Waals surface area contributed by atoms with Crippen molar-refractivity contribution in [1.82, 2.24) is 15.6 Å². The number of rotatable bonds is 5. The lowest BCUT2D eigenvalue weighted by molar-refractivity contribution is 0.626. The Hall–Kier alpha value is -2.82. The Morgan fingerprint density at radius 1 is 1.12 bits per heavy atom. The first-order valence-corrected chi connectivity index (χ1v) is 8.41. The van der Waals surface area contributed by atoms with Crippen LogP contribution in [-0.4, -0.2) is 24.5 Å². The highest BCUT2D eigenvalue weighted by molar-refractivity contribution is 5.84. The van der Waals surface area contributed by atoms with E-state index in [1.165, 1.54) is 34.2 Å². The van der Waals surface area contributed by atoms with Gasteiger partial charge < -0.3 is 15.6 Å². The van der Waals surface area contributed by atoms with Gasteiger partial charge in [-0.2, -0.15) is 0 Å². The molecule has 0 fully saturated rings. The Morgan fingerprint density at radius 3 is 2.68 bits per heavy atom. The number of fused-ring (bicyclic) bond motifs is 1. The third kappa shape index (κ3) is 4.38. The molecule has 0 spiro atoms. The summed E-state index contributed by atoms with van der Waals surface area (Å²) in [6.45, 7) is 3.48. The van der Waals surface area contributed by atoms with Crippen LogP contribution in [-0.2, 0) is 13.0 Å². The zero-order valence-corrected chi connectivity index (χ0v) is 14.6. The van der Waals surface area contributed by atoms with Crippen molar-refractivity contribution in [1.29, 1.82) is 0 Å². The van der Waals surface area contributed by atoms with Crippen LogP contribution >= 0.6 is 0 Å². The van der Waals surface area contributed by atoms with Crippen LogP contribution in [0.1, 0.15) is 16.7 Å². The number of benzene rings is 2. The van der Waals surface area contributed by atoms with Gasteiger partial charge in [0.25, 0.3) is 0 Å². The maximum atomic E-state index is 12.9. The van der Waals surface area contributed by atoms with Crippen molar-refractivity contribution in [3.63, 3.8) is 0 Å². The molecule has 0 atom stereocenters. The Bertz CT molecular complexity index is 865. The van der Waals surface area contributed by atoms with Gasteiger partial charge in [-0.3, -0.25) is 4.99 Å². The summed E-state index contributed by atoms with van der Waals surface area (Å²) in [5, 5.41) is 7.82. The summed E-state index contributed by atoms with van der Waals surface area (Å²) < 4.78 is 12.9. The van der Waals surface area contributed by atoms with Crippen LogP contribution in [0.15, 0.2) is 53.7 Å². The van der Waals surface area contributed by atoms with Crippen LogP contribution in [0.5, 0.6) is 0 Å². The molecule has 0 unspecified atom stereocenters. The van der Waals surface area contributed by atoms with Crippen LogP contribution < -0.4 is 10.6 Å². The summed E-state index contributed by atoms with van der Waals surface area (Å²) in [4.78, 5) is 7.55. The minimum atomic E-state index is -0.222. The van der Waals surface area contributed by atoms with Gasteiger partial charge >= 0.3 is 0 Å². The first-order chi connectivity index (χ1) is 12.2. The monoisotopic (exact) mass is 338 g/mol. The number of aryl methyl sites for hydroxylation is 1. The lowest BCUT2D eigenvalue weighted by atomic mass is 10.1. The van der Waals surface area contributed by atoms with E-state index in [2.05, 4.69) is 51.9 Å². The Labute approximate surface area is 147 Å². The maximum absolute atomic E-state index is 12.9. The van der Waals surface area contributed by atoms with Crippen molar-refractivity contribution in [2.45, 2.75) is 19.9 Å². The minimum absolute atomic E-state index is 0.222. The first-order valence-electron chi connectivity index (χ1n) is 8.41. The number of aromatic nitrogens is 1. The maximum Gasteiger partial charge on any atom is 0.191 e. The van der Waals surface area contributed by atoms with E-state index in [4.69, 9.17) is 0 Å². The van der Waals surface area contributed by atoms with E-state index < -0.39 is 0 Å². The zero-order valence-electron chi connectivity index (χ0n) is 14.6. The number of H-pyrrole nitrogens is 1. The quantitative estimate of drug-likeness (QED) is 0.492. The molecule has 0 bridgehead atoms. The highest BCUT2D eigenvalue weighted by Gasteiger charge is 2.04. The summed E-state index contributed by atoms with van der Waals surface area (Å²) in [6, 6.07) is 12.9. The van der Waals surface area contributed by atoms with Gasteiger partial charge in [0.05, 0.1) is 0 Å². The van der Waals surface area contributed by atoms with Crippen molar-refractivity contribution in [2.24, 2.45) is 4.99 Å². The van der Waals surface area contributed by atoms with Crippen LogP contribution in [0.2, 0.25) is 0 Å². The van der Waals surface area contributed by atoms with Crippen molar-refractivity contribution in [3.05, 3.63) is 71.2 Å². The number of nitrogens with one attached hydrogen (secondary N) is 3. The highest BCUT2D eigenvalue weighted by atomic mass is 19.1. The van der Waals surface area contributed by atoms with Gasteiger partial charge in [-0.25, -0.2) is 4.39 Å². The van der Waals surface area contributed by atoms with Crippen LogP contribution in [0.4, 0.5) is 4.39 Å². The molecule has 2 aromatic carbocycles. The number of guanidine groups is 1. The fraction of sp³-hybridized carbons (Fsp3) is 0.250. The number of nitrogens with zero attached hydrogens (tertiary/aromatic N) is 1. The van der Waals surface area contributed by atoms with Crippen molar-refractivity contribution in [3.8, 4) is 0 Å². The standard InChI is InChI=1S/C20H23FN4/c1-14-3-8-18-16(13-24-19(18)11-14)9-10-23-20(22-2)25-12-15-4-6-17(21)7-5-15/h3-8,11,13,24H,9-10,12H2,1-2H3,(H2,22,23,25). The lowest BCUT2D eigenvalue weighted by Gasteiger charge is -2.12. The molecular weight excluding hydrogens is 315 g/mol. The van der Waals surface area contributed by atoms with Gasteiger partial charge in [0, 0.05) is 37.2 Å². The average Bonchev–Trinajstić information content (AvgIpc) is 3.01. The number of halogens is 1. The van der Waals surface area contributed by atoms with Gasteiger partial charge in [0.2, 0.25) is 0 Å². The van der Waals surface area contributed by atoms with E-state index in [1.54, 1.807) is 19.2 Å². The molecule has 3 rings (SSSR count). The highest BCUT2D eigenvalue weighted by Crippen LogP contribution is 2.19. The molecule has 1 heterocycles. The number of aromatic amines is 1. The average molecular weight is 338 g/mol. The molecule has 4 nitrogen and oxygen atoms in total. The molecule has 0 saturated carbocycles. The zero-order chi connectivity index (χ0) is 17.6. The summed E-state index contributed by atoms with van der Waals surface area (Å²) >= 11 is 0. The molecule has 1 aromatic heterocycles. The molecular formula is C20H23FN4. The smallest absolute Gasteiger partial charge is 0.191 e. The second-order valence-corrected chi connectivity index (χ2v) is 6.09. The second kappa shape index (κ2) is 7.83. The Morgan fingerprint density at radius 2 is 1.92 bits per heavy atom. The van der Waals surface area contributed by atoms with Crippen LogP contribution in [0, 0.1) is 12.7 Å². The Balaban J connectivity index is 1.51. The molecule has 3 N–H and O–H groups in total. The summed E-state index contributed by atoms with van der Waals surface area (Å²) in [5.41, 5.74) is 4.73. The molecule has 0 aliphatic heterocycles. The van der Waals surface area contributed by atoms with E-state index in [9.17, 15) is 4.39 Å². The van der Waals surface area contributed by atoms with Crippen molar-refractivity contribution in [2.75, 3.05) is 13.6 Å². The third-order valence-corrected chi connectivity index (χ3v) is 4.21. The van der Waals surface area contributed by atoms with E-state index in [0.717, 1.165) is 24.5 Å². The topological polar surface area (TPSA) is 52.2 Å². The predicted molar refractivity (Wildman–Crippen MR) is 101 cm³/mol. The number of hydrogen-bond acceptors (Lipinski definition) is 1. The molecule has 130 valence electrons. The van der Waals surface area contributed by atoms with Gasteiger partial charge in [0.15, 0.2) is 5.96 Å². The summed E-state index contributed by atoms with van der Waals surface area (Å²) in [7, 11) is 1.74. The lowest BCUT2D eigenvalue weighted by Crippen LogP contribution is -2.37. The molecule has 0 aliphatic carbocycles. The second-order valence-electron chi connectivity index (χ2n) is 6.09. The molecule has 0 aliphatic rings. The molecule has 0 saturated heterocycles. The summed E-state index contributed by atoms with van der Waals surface area (Å²) in [6.07, 6.45) is 2.97. The van der Waals surface area contributed by atoms with Crippen molar-refractivity contribution >= 4 is 16.9 Å². The first kappa shape index (κ1) is 17.0. The molecule has 0 radical (unpaired) electrons. The van der Waals surface area contributed by atoms with E-state index in [-0.39, 0.29) is 5.82 Å². The van der Waals surface area contributed by atoms with Gasteiger partial charge in [-0.05, 0) is 48.2 Å². The van der Waals surface area contributed by atoms with Crippen molar-refractivity contribution < 1.29 is 4.39 Å². The molecule has 3 aromatic rings. The Kier molecular flexibility index (Phi) is 5.33. The number of hydrogen-bond donors (Lipinski definition) is 3. The van der Waals surface area contributed by atoms with Crippen LogP contribution in [0.25, 0.3) is 10.9 Å². The minimum Gasteiger partial charge on any atom is -0.361 e. The molecule has 25 heavy (non-hydrogen) atoms. The summed E-state index contributed by atoms with van der Waals surface area (Å²) in [5.74, 6) is 0.514. The van der Waals surface area contributed by atoms with E-state index in [1.807, 2.05) is 0 Å². The van der Waals surface area contributed by atoms with Crippen LogP contribution in [0.3, 0.4) is 0 Å². The number of aliphatic imine (C=N–C) groups is 1. The normalized spacial score (nSPS) is 11.7. The third-order valence-electron chi connectivity index (χ3n) is 4.21. The van der Waals surface area contributed by atoms with Gasteiger partial charge in [-0.1, -0.05) is 24.3 Å². The van der Waals surface area contributed by atoms with E-state index in [0.29, 0.717) is 6.54 Å². The van der Waals surface area contributed by atoms with Gasteiger partial charge in [-0.15, -0.1) is 0 Å². The SMILES string of the molecule is CN=C(NCCc1c[nH]c2cc(C)ccc12)NCc1ccc(F)cc1. The molecule has 5 heteroatoms. The predicted octanol–water partition coefficient (Wildman–Crippen LogP) is 3.52. The largest absolute Gasteiger partial charge is 0.361 e. The molecule has 0 amide bonds.